The van der Waals surface area contributed by atoms with E-state index in [1.807, 2.05) is 0 Å². The highest BCUT2D eigenvalue weighted by Crippen LogP contribution is 2.24. The van der Waals surface area contributed by atoms with E-state index in [0.717, 1.165) is 11.3 Å². The third-order valence-corrected chi connectivity index (χ3v) is 2.76. The first-order valence-corrected chi connectivity index (χ1v) is 5.63. The molecule has 0 saturated carbocycles. The number of hydrogen-bond acceptors (Lipinski definition) is 2. The molecule has 0 aromatic heterocycles. The molecule has 1 rings (SSSR count). The van der Waals surface area contributed by atoms with Gasteiger partial charge in [0.05, 0.1) is 10.9 Å². The van der Waals surface area contributed by atoms with Crippen LogP contribution in [0.1, 0.15) is 18.9 Å². The molecule has 0 spiro atoms. The van der Waals surface area contributed by atoms with Crippen LogP contribution in [0.2, 0.25) is 0 Å². The first-order valence-electron chi connectivity index (χ1n) is 4.84. The topological polar surface area (TPSA) is 49.3 Å². The van der Waals surface area contributed by atoms with Crippen molar-refractivity contribution in [3.8, 4) is 0 Å². The van der Waals surface area contributed by atoms with Gasteiger partial charge in [0.15, 0.2) is 0 Å². The molecule has 88 valence electrons. The fourth-order valence-electron chi connectivity index (χ4n) is 1.38. The number of carbonyl (C=O) groups is 1. The largest absolute Gasteiger partial charge is 0.481 e. The van der Waals surface area contributed by atoms with E-state index < -0.39 is 5.97 Å². The van der Waals surface area contributed by atoms with Crippen LogP contribution in [0.3, 0.4) is 0 Å². The van der Waals surface area contributed by atoms with Gasteiger partial charge >= 0.3 is 5.97 Å². The monoisotopic (exact) mass is 289 g/mol. The van der Waals surface area contributed by atoms with Gasteiger partial charge in [-0.05, 0) is 47.5 Å². The Morgan fingerprint density at radius 2 is 2.25 bits per heavy atom. The zero-order chi connectivity index (χ0) is 12.3. The number of carboxylic acid groups (broad SMARTS) is 1. The maximum absolute atomic E-state index is 13.1. The summed E-state index contributed by atoms with van der Waals surface area (Å²) in [5, 5.41) is 11.7. The van der Waals surface area contributed by atoms with Gasteiger partial charge < -0.3 is 10.4 Å². The van der Waals surface area contributed by atoms with Crippen molar-refractivity contribution in [2.24, 2.45) is 0 Å². The predicted octanol–water partition coefficient (Wildman–Crippen LogP) is 3.17. The lowest BCUT2D eigenvalue weighted by Gasteiger charge is -2.15. The molecule has 5 heteroatoms. The van der Waals surface area contributed by atoms with Gasteiger partial charge in [0.2, 0.25) is 0 Å². The summed E-state index contributed by atoms with van der Waals surface area (Å²) < 4.78 is 13.5. The average molecular weight is 290 g/mol. The number of aryl methyl sites for hydroxylation is 1. The summed E-state index contributed by atoms with van der Waals surface area (Å²) >= 11 is 3.09. The second-order valence-electron chi connectivity index (χ2n) is 3.72. The van der Waals surface area contributed by atoms with Crippen LogP contribution >= 0.6 is 15.9 Å². The molecule has 0 aliphatic heterocycles. The van der Waals surface area contributed by atoms with Crippen molar-refractivity contribution in [1.82, 2.24) is 0 Å². The summed E-state index contributed by atoms with van der Waals surface area (Å²) in [6, 6.07) is 2.82. The number of aliphatic carboxylic acids is 1. The van der Waals surface area contributed by atoms with E-state index in [0.29, 0.717) is 4.47 Å². The highest BCUT2D eigenvalue weighted by Gasteiger charge is 2.10. The van der Waals surface area contributed by atoms with Gasteiger partial charge in [0.25, 0.3) is 0 Å². The number of nitrogens with one attached hydrogen (secondary N) is 1. The van der Waals surface area contributed by atoms with Gasteiger partial charge in [-0.3, -0.25) is 4.79 Å². The van der Waals surface area contributed by atoms with E-state index in [1.54, 1.807) is 19.9 Å². The molecule has 0 aliphatic rings. The normalized spacial score (nSPS) is 12.2. The first kappa shape index (κ1) is 13.0. The van der Waals surface area contributed by atoms with E-state index in [9.17, 15) is 9.18 Å². The van der Waals surface area contributed by atoms with E-state index in [-0.39, 0.29) is 18.3 Å². The van der Waals surface area contributed by atoms with E-state index in [1.165, 1.54) is 6.07 Å². The van der Waals surface area contributed by atoms with Gasteiger partial charge in [0.1, 0.15) is 5.82 Å². The van der Waals surface area contributed by atoms with E-state index >= 15 is 0 Å². The maximum Gasteiger partial charge on any atom is 0.305 e. The summed E-state index contributed by atoms with van der Waals surface area (Å²) in [5.74, 6) is -1.19. The second kappa shape index (κ2) is 5.30. The summed E-state index contributed by atoms with van der Waals surface area (Å²) in [6.07, 6.45) is 0.0223. The van der Waals surface area contributed by atoms with Crippen LogP contribution in [0.5, 0.6) is 0 Å². The Morgan fingerprint density at radius 3 is 2.81 bits per heavy atom. The fourth-order valence-corrected chi connectivity index (χ4v) is 1.72. The van der Waals surface area contributed by atoms with Crippen LogP contribution in [-0.2, 0) is 4.79 Å². The molecule has 0 aliphatic carbocycles. The number of rotatable bonds is 4. The lowest BCUT2D eigenvalue weighted by Crippen LogP contribution is -2.19. The fraction of sp³-hybridized carbons (Fsp3) is 0.364. The second-order valence-corrected chi connectivity index (χ2v) is 4.58. The molecule has 0 fully saturated rings. The number of halogens is 2. The van der Waals surface area contributed by atoms with Gasteiger partial charge in [-0.2, -0.15) is 0 Å². The van der Waals surface area contributed by atoms with Crippen LogP contribution in [0.25, 0.3) is 0 Å². The van der Waals surface area contributed by atoms with Crippen molar-refractivity contribution < 1.29 is 14.3 Å². The molecular weight excluding hydrogens is 277 g/mol. The molecular formula is C11H13BrFNO2. The molecule has 3 nitrogen and oxygen atoms in total. The highest BCUT2D eigenvalue weighted by molar-refractivity contribution is 9.10. The van der Waals surface area contributed by atoms with Crippen LogP contribution in [0.4, 0.5) is 10.1 Å². The lowest BCUT2D eigenvalue weighted by molar-refractivity contribution is -0.137. The van der Waals surface area contributed by atoms with Gasteiger partial charge in [-0.1, -0.05) is 0 Å². The zero-order valence-electron chi connectivity index (χ0n) is 9.05. The number of benzene rings is 1. The number of carboxylic acids is 1. The van der Waals surface area contributed by atoms with E-state index in [2.05, 4.69) is 21.2 Å². The Bertz CT molecular complexity index is 409. The minimum atomic E-state index is -0.862. The van der Waals surface area contributed by atoms with Crippen molar-refractivity contribution in [1.29, 1.82) is 0 Å². The third kappa shape index (κ3) is 3.48. The van der Waals surface area contributed by atoms with Gasteiger partial charge in [0, 0.05) is 11.7 Å². The molecule has 1 aromatic rings. The average Bonchev–Trinajstić information content (AvgIpc) is 2.12. The Morgan fingerprint density at radius 1 is 1.62 bits per heavy atom. The van der Waals surface area contributed by atoms with Crippen molar-refractivity contribution in [3.05, 3.63) is 28.0 Å². The van der Waals surface area contributed by atoms with Crippen molar-refractivity contribution >= 4 is 27.6 Å². The Kier molecular flexibility index (Phi) is 4.29. The van der Waals surface area contributed by atoms with E-state index in [4.69, 9.17) is 5.11 Å². The molecule has 0 heterocycles. The molecule has 0 saturated heterocycles. The summed E-state index contributed by atoms with van der Waals surface area (Å²) in [4.78, 5) is 10.5. The number of hydrogen-bond donors (Lipinski definition) is 2. The SMILES string of the molecule is Cc1cc(F)c(Br)cc1NC(C)CC(=O)O. The molecule has 1 atom stereocenters. The molecule has 0 bridgehead atoms. The van der Waals surface area contributed by atoms with Crippen molar-refractivity contribution in [3.63, 3.8) is 0 Å². The first-order chi connectivity index (χ1) is 7.40. The lowest BCUT2D eigenvalue weighted by atomic mass is 10.1. The minimum Gasteiger partial charge on any atom is -0.481 e. The standard InChI is InChI=1S/C11H13BrFNO2/c1-6-3-9(13)8(12)5-10(6)14-7(2)4-11(15)16/h3,5,7,14H,4H2,1-2H3,(H,15,16). The summed E-state index contributed by atoms with van der Waals surface area (Å²) in [7, 11) is 0. The minimum absolute atomic E-state index is 0.0223. The van der Waals surface area contributed by atoms with Crippen molar-refractivity contribution in [2.75, 3.05) is 5.32 Å². The summed E-state index contributed by atoms with van der Waals surface area (Å²) in [6.45, 7) is 3.54. The third-order valence-electron chi connectivity index (χ3n) is 2.15. The molecule has 16 heavy (non-hydrogen) atoms. The molecule has 1 unspecified atom stereocenters. The predicted molar refractivity (Wildman–Crippen MR) is 64.2 cm³/mol. The quantitative estimate of drug-likeness (QED) is 0.895. The maximum atomic E-state index is 13.1. The Hall–Kier alpha value is -1.10. The molecule has 0 amide bonds. The van der Waals surface area contributed by atoms with Gasteiger partial charge in [-0.25, -0.2) is 4.39 Å². The molecule has 1 aromatic carbocycles. The van der Waals surface area contributed by atoms with Crippen LogP contribution < -0.4 is 5.32 Å². The zero-order valence-corrected chi connectivity index (χ0v) is 10.6. The van der Waals surface area contributed by atoms with Crippen LogP contribution in [0.15, 0.2) is 16.6 Å². The smallest absolute Gasteiger partial charge is 0.305 e. The molecule has 2 N–H and O–H groups in total. The summed E-state index contributed by atoms with van der Waals surface area (Å²) in [5.41, 5.74) is 1.49. The Balaban J connectivity index is 2.81. The van der Waals surface area contributed by atoms with Crippen LogP contribution in [-0.4, -0.2) is 17.1 Å². The van der Waals surface area contributed by atoms with Crippen molar-refractivity contribution in [2.45, 2.75) is 26.3 Å². The van der Waals surface area contributed by atoms with Crippen LogP contribution in [0, 0.1) is 12.7 Å². The molecule has 0 radical (unpaired) electrons. The number of anilines is 1. The highest BCUT2D eigenvalue weighted by atomic mass is 79.9. The Labute approximate surface area is 102 Å². The van der Waals surface area contributed by atoms with Gasteiger partial charge in [-0.15, -0.1) is 0 Å².